The summed E-state index contributed by atoms with van der Waals surface area (Å²) >= 11 is 1.58. The summed E-state index contributed by atoms with van der Waals surface area (Å²) in [6.45, 7) is 3.89. The molecule has 1 atom stereocenters. The fourth-order valence-corrected chi connectivity index (χ4v) is 3.62. The van der Waals surface area contributed by atoms with E-state index in [1.807, 2.05) is 31.5 Å². The number of thiophene rings is 1. The highest BCUT2D eigenvalue weighted by molar-refractivity contribution is 7.12. The maximum absolute atomic E-state index is 13.7. The summed E-state index contributed by atoms with van der Waals surface area (Å²) in [4.78, 5) is 19.1. The molecular formula is C18H18FN3OS. The van der Waals surface area contributed by atoms with Gasteiger partial charge in [-0.1, -0.05) is 12.1 Å². The third-order valence-electron chi connectivity index (χ3n) is 3.86. The van der Waals surface area contributed by atoms with E-state index in [9.17, 15) is 9.18 Å². The number of aryl methyl sites for hydroxylation is 3. The van der Waals surface area contributed by atoms with Crippen molar-refractivity contribution in [1.82, 2.24) is 14.9 Å². The molecule has 0 aliphatic heterocycles. The number of amides is 1. The number of nitrogens with one attached hydrogen (secondary N) is 1. The van der Waals surface area contributed by atoms with Crippen LogP contribution in [-0.4, -0.2) is 15.5 Å². The molecule has 6 heteroatoms. The molecule has 0 saturated carbocycles. The van der Waals surface area contributed by atoms with E-state index >= 15 is 0 Å². The summed E-state index contributed by atoms with van der Waals surface area (Å²) < 4.78 is 15.5. The highest BCUT2D eigenvalue weighted by atomic mass is 32.1. The van der Waals surface area contributed by atoms with E-state index in [0.29, 0.717) is 17.0 Å². The van der Waals surface area contributed by atoms with Gasteiger partial charge in [-0.05, 0) is 37.6 Å². The van der Waals surface area contributed by atoms with Crippen molar-refractivity contribution >= 4 is 17.2 Å². The molecule has 0 fully saturated rings. The van der Waals surface area contributed by atoms with Crippen LogP contribution in [0.1, 0.15) is 37.5 Å². The number of rotatable bonds is 4. The molecule has 1 aromatic carbocycles. The van der Waals surface area contributed by atoms with Gasteiger partial charge in [-0.3, -0.25) is 4.79 Å². The van der Waals surface area contributed by atoms with E-state index < -0.39 is 6.04 Å². The summed E-state index contributed by atoms with van der Waals surface area (Å²) in [5.74, 6) is 0.121. The molecule has 0 spiro atoms. The van der Waals surface area contributed by atoms with E-state index in [1.165, 1.54) is 12.1 Å². The molecule has 3 rings (SSSR count). The van der Waals surface area contributed by atoms with Gasteiger partial charge in [0.15, 0.2) is 0 Å². The zero-order chi connectivity index (χ0) is 17.3. The fraction of sp³-hybridized carbons (Fsp3) is 0.222. The van der Waals surface area contributed by atoms with Gasteiger partial charge in [0.25, 0.3) is 5.91 Å². The number of hydrogen-bond acceptors (Lipinski definition) is 3. The minimum atomic E-state index is -0.521. The average molecular weight is 343 g/mol. The van der Waals surface area contributed by atoms with Crippen molar-refractivity contribution in [3.8, 4) is 0 Å². The lowest BCUT2D eigenvalue weighted by molar-refractivity contribution is 0.0941. The van der Waals surface area contributed by atoms with Crippen LogP contribution in [0.3, 0.4) is 0 Å². The maximum atomic E-state index is 13.7. The zero-order valence-electron chi connectivity index (χ0n) is 13.7. The van der Waals surface area contributed by atoms with Gasteiger partial charge < -0.3 is 9.88 Å². The Hall–Kier alpha value is -2.47. The van der Waals surface area contributed by atoms with E-state index in [2.05, 4.69) is 10.3 Å². The third-order valence-corrected chi connectivity index (χ3v) is 4.83. The van der Waals surface area contributed by atoms with Gasteiger partial charge >= 0.3 is 0 Å². The molecule has 0 saturated heterocycles. The van der Waals surface area contributed by atoms with E-state index in [-0.39, 0.29) is 11.7 Å². The second-order valence-corrected chi connectivity index (χ2v) is 7.15. The Morgan fingerprint density at radius 1 is 1.33 bits per heavy atom. The molecule has 0 unspecified atom stereocenters. The van der Waals surface area contributed by atoms with Crippen molar-refractivity contribution in [3.63, 3.8) is 0 Å². The first kappa shape index (κ1) is 16.4. The van der Waals surface area contributed by atoms with Crippen LogP contribution in [0.25, 0.3) is 0 Å². The van der Waals surface area contributed by atoms with Crippen LogP contribution in [-0.2, 0) is 7.05 Å². The second kappa shape index (κ2) is 6.57. The Bertz CT molecular complexity index is 884. The van der Waals surface area contributed by atoms with Crippen LogP contribution in [0.2, 0.25) is 0 Å². The normalized spacial score (nSPS) is 12.2. The largest absolute Gasteiger partial charge is 0.338 e. The minimum Gasteiger partial charge on any atom is -0.338 e. The number of halogens is 1. The van der Waals surface area contributed by atoms with Gasteiger partial charge in [-0.15, -0.1) is 11.3 Å². The molecule has 1 amide bonds. The van der Waals surface area contributed by atoms with Crippen molar-refractivity contribution in [1.29, 1.82) is 0 Å². The molecule has 4 nitrogen and oxygen atoms in total. The average Bonchev–Trinajstić information content (AvgIpc) is 3.10. The molecule has 0 aliphatic carbocycles. The smallest absolute Gasteiger partial charge is 0.253 e. The van der Waals surface area contributed by atoms with Gasteiger partial charge in [0, 0.05) is 29.2 Å². The lowest BCUT2D eigenvalue weighted by atomic mass is 10.1. The van der Waals surface area contributed by atoms with Crippen LogP contribution in [0.5, 0.6) is 0 Å². The summed E-state index contributed by atoms with van der Waals surface area (Å²) in [6.07, 6.45) is 3.46. The van der Waals surface area contributed by atoms with Gasteiger partial charge in [0.05, 0.1) is 5.56 Å². The summed E-state index contributed by atoms with van der Waals surface area (Å²) in [7, 11) is 1.85. The Morgan fingerprint density at radius 2 is 2.12 bits per heavy atom. The van der Waals surface area contributed by atoms with Crippen molar-refractivity contribution in [3.05, 3.63) is 75.2 Å². The molecule has 3 aromatic rings. The number of hydrogen-bond donors (Lipinski definition) is 1. The summed E-state index contributed by atoms with van der Waals surface area (Å²) in [5.41, 5.74) is 1.30. The minimum absolute atomic E-state index is 0.186. The Balaban J connectivity index is 1.98. The van der Waals surface area contributed by atoms with Crippen LogP contribution < -0.4 is 5.32 Å². The van der Waals surface area contributed by atoms with E-state index in [4.69, 9.17) is 0 Å². The second-order valence-electron chi connectivity index (χ2n) is 5.68. The molecule has 0 radical (unpaired) electrons. The number of carbonyl (C=O) groups excluding carboxylic acids is 1. The highest BCUT2D eigenvalue weighted by Gasteiger charge is 2.23. The van der Waals surface area contributed by atoms with Crippen LogP contribution >= 0.6 is 11.3 Å². The maximum Gasteiger partial charge on any atom is 0.253 e. The summed E-state index contributed by atoms with van der Waals surface area (Å²) in [6, 6.07) is 7.57. The van der Waals surface area contributed by atoms with Crippen molar-refractivity contribution in [2.24, 2.45) is 7.05 Å². The van der Waals surface area contributed by atoms with Crippen LogP contribution in [0.15, 0.2) is 42.7 Å². The lowest BCUT2D eigenvalue weighted by Gasteiger charge is -2.19. The number of aromatic nitrogens is 2. The van der Waals surface area contributed by atoms with Gasteiger partial charge in [-0.25, -0.2) is 9.37 Å². The topological polar surface area (TPSA) is 46.9 Å². The first-order valence-corrected chi connectivity index (χ1v) is 8.38. The molecule has 0 aliphatic rings. The Kier molecular flexibility index (Phi) is 4.49. The molecule has 24 heavy (non-hydrogen) atoms. The predicted octanol–water partition coefficient (Wildman–Crippen LogP) is 3.76. The van der Waals surface area contributed by atoms with Crippen LogP contribution in [0.4, 0.5) is 4.39 Å². The van der Waals surface area contributed by atoms with Gasteiger partial charge in [0.1, 0.15) is 17.7 Å². The van der Waals surface area contributed by atoms with Gasteiger partial charge in [-0.2, -0.15) is 0 Å². The molecular weight excluding hydrogens is 325 g/mol. The Labute approximate surface area is 144 Å². The van der Waals surface area contributed by atoms with Crippen molar-refractivity contribution in [2.75, 3.05) is 0 Å². The number of nitrogens with zero attached hydrogens (tertiary/aromatic N) is 2. The number of carbonyl (C=O) groups is 1. The quantitative estimate of drug-likeness (QED) is 0.784. The van der Waals surface area contributed by atoms with Crippen molar-refractivity contribution in [2.45, 2.75) is 19.9 Å². The molecule has 2 aromatic heterocycles. The van der Waals surface area contributed by atoms with Gasteiger partial charge in [0.2, 0.25) is 0 Å². The standard InChI is InChI=1S/C18H18FN3OS/c1-11-9-15(12(2)24-11)18(23)21-16(17-20-7-8-22(17)3)13-5-4-6-14(19)10-13/h4-10,16H,1-3H3,(H,21,23)/t16-/m1/s1. The SMILES string of the molecule is Cc1cc(C(=O)N[C@H](c2cccc(F)c2)c2nccn2C)c(C)s1. The van der Waals surface area contributed by atoms with Crippen molar-refractivity contribution < 1.29 is 9.18 Å². The predicted molar refractivity (Wildman–Crippen MR) is 92.7 cm³/mol. The molecule has 2 heterocycles. The molecule has 1 N–H and O–H groups in total. The van der Waals surface area contributed by atoms with E-state index in [0.717, 1.165) is 9.75 Å². The third kappa shape index (κ3) is 3.23. The number of imidazole rings is 1. The van der Waals surface area contributed by atoms with E-state index in [1.54, 1.807) is 35.9 Å². The lowest BCUT2D eigenvalue weighted by Crippen LogP contribution is -2.31. The monoisotopic (exact) mass is 343 g/mol. The molecule has 0 bridgehead atoms. The first-order chi connectivity index (χ1) is 11.5. The molecule has 124 valence electrons. The summed E-state index contributed by atoms with van der Waals surface area (Å²) in [5, 5.41) is 2.99. The highest BCUT2D eigenvalue weighted by Crippen LogP contribution is 2.24. The fourth-order valence-electron chi connectivity index (χ4n) is 2.70. The van der Waals surface area contributed by atoms with Crippen LogP contribution in [0, 0.1) is 19.7 Å². The Morgan fingerprint density at radius 3 is 2.71 bits per heavy atom. The zero-order valence-corrected chi connectivity index (χ0v) is 14.5. The number of benzene rings is 1. The first-order valence-electron chi connectivity index (χ1n) is 7.56.